The maximum absolute atomic E-state index is 11.6. The summed E-state index contributed by atoms with van der Waals surface area (Å²) in [5, 5.41) is 8.39. The van der Waals surface area contributed by atoms with Crippen LogP contribution in [0, 0.1) is 0 Å². The molecule has 0 saturated carbocycles. The number of Topliss-reactive ketones (excluding diaryl/α,β-unsaturated/α-hetero) is 1. The molecule has 1 heterocycles. The summed E-state index contributed by atoms with van der Waals surface area (Å²) in [6.45, 7) is 1.60. The molecule has 0 radical (unpaired) electrons. The largest absolute Gasteiger partial charge is 0.300 e. The highest BCUT2D eigenvalue weighted by molar-refractivity contribution is 5.78. The van der Waals surface area contributed by atoms with E-state index >= 15 is 0 Å². The van der Waals surface area contributed by atoms with Crippen LogP contribution in [-0.4, -0.2) is 20.8 Å². The summed E-state index contributed by atoms with van der Waals surface area (Å²) in [5.74, 6) is 0.127. The smallest absolute Gasteiger partial charge is 0.132 e. The number of hydrogen-bond acceptors (Lipinski definition) is 3. The molecule has 110 valence electrons. The van der Waals surface area contributed by atoms with Gasteiger partial charge in [-0.2, -0.15) is 0 Å². The number of aromatic nitrogens is 3. The molecular weight excluding hydrogens is 274 g/mol. The first-order valence-electron chi connectivity index (χ1n) is 7.26. The number of para-hydroxylation sites is 1. The molecule has 0 saturated heterocycles. The Hall–Kier alpha value is -2.75. The van der Waals surface area contributed by atoms with Gasteiger partial charge in [-0.1, -0.05) is 59.8 Å². The number of rotatable bonds is 5. The minimum atomic E-state index is -0.134. The van der Waals surface area contributed by atoms with Gasteiger partial charge in [0.25, 0.3) is 0 Å². The number of fused-ring (bicyclic) bond motifs is 1. The van der Waals surface area contributed by atoms with E-state index in [0.29, 0.717) is 6.42 Å². The summed E-state index contributed by atoms with van der Waals surface area (Å²) < 4.78 is 1.82. The summed E-state index contributed by atoms with van der Waals surface area (Å²) in [6, 6.07) is 17.7. The van der Waals surface area contributed by atoms with E-state index in [0.717, 1.165) is 16.6 Å². The van der Waals surface area contributed by atoms with Gasteiger partial charge < -0.3 is 0 Å². The third-order valence-corrected chi connectivity index (χ3v) is 3.50. The van der Waals surface area contributed by atoms with E-state index in [4.69, 9.17) is 0 Å². The van der Waals surface area contributed by atoms with Crippen LogP contribution in [0.3, 0.4) is 0 Å². The number of carbonyl (C=O) groups is 1. The molecule has 22 heavy (non-hydrogen) atoms. The summed E-state index contributed by atoms with van der Waals surface area (Å²) in [7, 11) is 0. The number of hydrogen-bond donors (Lipinski definition) is 0. The van der Waals surface area contributed by atoms with Crippen molar-refractivity contribution in [1.82, 2.24) is 15.0 Å². The second kappa shape index (κ2) is 6.35. The van der Waals surface area contributed by atoms with E-state index in [2.05, 4.69) is 10.3 Å². The number of carbonyl (C=O) groups excluding carboxylic acids is 1. The normalized spacial score (nSPS) is 12.8. The van der Waals surface area contributed by atoms with Gasteiger partial charge >= 0.3 is 0 Å². The maximum atomic E-state index is 11.6. The number of ketones is 1. The number of benzene rings is 2. The fourth-order valence-corrected chi connectivity index (χ4v) is 2.45. The van der Waals surface area contributed by atoms with Gasteiger partial charge in [-0.15, -0.1) is 5.10 Å². The van der Waals surface area contributed by atoms with E-state index in [1.165, 1.54) is 0 Å². The third-order valence-electron chi connectivity index (χ3n) is 3.50. The molecule has 3 aromatic rings. The summed E-state index contributed by atoms with van der Waals surface area (Å²) in [6.07, 6.45) is 4.43. The van der Waals surface area contributed by atoms with Crippen molar-refractivity contribution in [3.05, 3.63) is 66.2 Å². The first-order chi connectivity index (χ1) is 10.7. The SMILES string of the molecule is CC(=O)CC(/C=C/c1ccccc1)n1nnc2ccccc21. The molecule has 0 spiro atoms. The van der Waals surface area contributed by atoms with Crippen molar-refractivity contribution < 1.29 is 4.79 Å². The lowest BCUT2D eigenvalue weighted by Gasteiger charge is -2.12. The Morgan fingerprint density at radius 2 is 1.86 bits per heavy atom. The second-order valence-corrected chi connectivity index (χ2v) is 5.27. The minimum Gasteiger partial charge on any atom is -0.300 e. The molecule has 0 aliphatic carbocycles. The predicted octanol–water partition coefficient (Wildman–Crippen LogP) is 3.66. The van der Waals surface area contributed by atoms with E-state index in [1.54, 1.807) is 6.92 Å². The van der Waals surface area contributed by atoms with Gasteiger partial charge in [0.15, 0.2) is 0 Å². The standard InChI is InChI=1S/C18H17N3O/c1-14(22)13-16(12-11-15-7-3-2-4-8-15)21-18-10-6-5-9-17(18)19-20-21/h2-12,16H,13H2,1H3/b12-11+. The molecule has 3 rings (SSSR count). The van der Waals surface area contributed by atoms with Crippen LogP contribution in [0.25, 0.3) is 17.1 Å². The maximum Gasteiger partial charge on any atom is 0.132 e. The van der Waals surface area contributed by atoms with Gasteiger partial charge in [0, 0.05) is 6.42 Å². The van der Waals surface area contributed by atoms with Crippen LogP contribution >= 0.6 is 0 Å². The molecule has 0 aliphatic heterocycles. The van der Waals surface area contributed by atoms with Gasteiger partial charge in [0.1, 0.15) is 11.3 Å². The zero-order valence-electron chi connectivity index (χ0n) is 12.4. The molecule has 0 N–H and O–H groups in total. The number of nitrogens with zero attached hydrogens (tertiary/aromatic N) is 3. The average Bonchev–Trinajstić information content (AvgIpc) is 2.96. The molecular formula is C18H17N3O. The predicted molar refractivity (Wildman–Crippen MR) is 87.3 cm³/mol. The fourth-order valence-electron chi connectivity index (χ4n) is 2.45. The second-order valence-electron chi connectivity index (χ2n) is 5.27. The Balaban J connectivity index is 1.96. The third kappa shape index (κ3) is 3.11. The number of allylic oxidation sites excluding steroid dienone is 1. The molecule has 2 aromatic carbocycles. The van der Waals surface area contributed by atoms with E-state index in [1.807, 2.05) is 71.4 Å². The Labute approximate surface area is 129 Å². The van der Waals surface area contributed by atoms with Crippen molar-refractivity contribution in [3.8, 4) is 0 Å². The molecule has 0 bridgehead atoms. The summed E-state index contributed by atoms with van der Waals surface area (Å²) in [4.78, 5) is 11.6. The minimum absolute atomic E-state index is 0.127. The highest BCUT2D eigenvalue weighted by Crippen LogP contribution is 2.20. The molecule has 0 fully saturated rings. The van der Waals surface area contributed by atoms with Crippen molar-refractivity contribution >= 4 is 22.9 Å². The van der Waals surface area contributed by atoms with Crippen molar-refractivity contribution in [2.45, 2.75) is 19.4 Å². The first-order valence-corrected chi connectivity index (χ1v) is 7.26. The van der Waals surface area contributed by atoms with Gasteiger partial charge in [-0.3, -0.25) is 4.79 Å². The lowest BCUT2D eigenvalue weighted by atomic mass is 10.1. The molecule has 1 atom stereocenters. The lowest BCUT2D eigenvalue weighted by Crippen LogP contribution is -2.12. The van der Waals surface area contributed by atoms with E-state index in [-0.39, 0.29) is 11.8 Å². The van der Waals surface area contributed by atoms with E-state index < -0.39 is 0 Å². The lowest BCUT2D eigenvalue weighted by molar-refractivity contribution is -0.117. The zero-order chi connectivity index (χ0) is 15.4. The van der Waals surface area contributed by atoms with Crippen LogP contribution in [-0.2, 0) is 4.79 Å². The molecule has 1 aromatic heterocycles. The Morgan fingerprint density at radius 3 is 2.64 bits per heavy atom. The van der Waals surface area contributed by atoms with Gasteiger partial charge in [0.05, 0.1) is 11.6 Å². The molecule has 1 unspecified atom stereocenters. The molecule has 4 nitrogen and oxygen atoms in total. The highest BCUT2D eigenvalue weighted by atomic mass is 16.1. The van der Waals surface area contributed by atoms with Gasteiger partial charge in [0.2, 0.25) is 0 Å². The quantitative estimate of drug-likeness (QED) is 0.720. The Morgan fingerprint density at radius 1 is 1.14 bits per heavy atom. The van der Waals surface area contributed by atoms with Crippen molar-refractivity contribution in [3.63, 3.8) is 0 Å². The molecule has 4 heteroatoms. The average molecular weight is 291 g/mol. The van der Waals surface area contributed by atoms with Crippen molar-refractivity contribution in [1.29, 1.82) is 0 Å². The van der Waals surface area contributed by atoms with Crippen molar-refractivity contribution in [2.24, 2.45) is 0 Å². The fraction of sp³-hybridized carbons (Fsp3) is 0.167. The molecule has 0 aliphatic rings. The monoisotopic (exact) mass is 291 g/mol. The highest BCUT2D eigenvalue weighted by Gasteiger charge is 2.14. The molecule has 0 amide bonds. The van der Waals surface area contributed by atoms with Gasteiger partial charge in [-0.05, 0) is 24.6 Å². The Bertz CT molecular complexity index is 805. The van der Waals surface area contributed by atoms with Crippen LogP contribution in [0.4, 0.5) is 0 Å². The Kier molecular flexibility index (Phi) is 4.10. The van der Waals surface area contributed by atoms with Crippen LogP contribution in [0.5, 0.6) is 0 Å². The van der Waals surface area contributed by atoms with E-state index in [9.17, 15) is 4.79 Å². The first kappa shape index (κ1) is 14.2. The van der Waals surface area contributed by atoms with Crippen molar-refractivity contribution in [2.75, 3.05) is 0 Å². The van der Waals surface area contributed by atoms with Gasteiger partial charge in [-0.25, -0.2) is 4.68 Å². The summed E-state index contributed by atoms with van der Waals surface area (Å²) >= 11 is 0. The van der Waals surface area contributed by atoms with Crippen LogP contribution < -0.4 is 0 Å². The summed E-state index contributed by atoms with van der Waals surface area (Å²) in [5.41, 5.74) is 2.87. The van der Waals surface area contributed by atoms with Crippen LogP contribution in [0.15, 0.2) is 60.7 Å². The van der Waals surface area contributed by atoms with Crippen LogP contribution in [0.1, 0.15) is 24.9 Å². The topological polar surface area (TPSA) is 47.8 Å². The van der Waals surface area contributed by atoms with Crippen LogP contribution in [0.2, 0.25) is 0 Å². The zero-order valence-corrected chi connectivity index (χ0v) is 12.4.